The Morgan fingerprint density at radius 1 is 1.15 bits per heavy atom. The maximum Gasteiger partial charge on any atom is 0.526 e. The van der Waals surface area contributed by atoms with Crippen molar-refractivity contribution in [2.45, 2.75) is 50.4 Å². The van der Waals surface area contributed by atoms with E-state index in [2.05, 4.69) is 5.32 Å². The van der Waals surface area contributed by atoms with E-state index in [4.69, 9.17) is 9.79 Å². The highest BCUT2D eigenvalue weighted by Crippen LogP contribution is 2.37. The minimum Gasteiger partial charge on any atom is -0.536 e. The molecule has 2 heterocycles. The van der Waals surface area contributed by atoms with Crippen molar-refractivity contribution in [3.8, 4) is 5.75 Å². The summed E-state index contributed by atoms with van der Waals surface area (Å²) in [7, 11) is -5.31. The van der Waals surface area contributed by atoms with E-state index >= 15 is 0 Å². The van der Waals surface area contributed by atoms with Crippen LogP contribution in [-0.4, -0.2) is 73.6 Å². The molecule has 1 saturated heterocycles. The van der Waals surface area contributed by atoms with Gasteiger partial charge in [0.1, 0.15) is 11.8 Å². The lowest BCUT2D eigenvalue weighted by Crippen LogP contribution is -2.58. The van der Waals surface area contributed by atoms with E-state index in [1.54, 1.807) is 6.92 Å². The summed E-state index contributed by atoms with van der Waals surface area (Å²) in [6, 6.07) is 7.28. The van der Waals surface area contributed by atoms with E-state index in [0.717, 1.165) is 16.0 Å². The molecule has 2 aliphatic rings. The van der Waals surface area contributed by atoms with Crippen molar-refractivity contribution in [3.63, 3.8) is 0 Å². The summed E-state index contributed by atoms with van der Waals surface area (Å²) in [5.41, 5.74) is 2.17. The molecule has 0 spiro atoms. The zero-order valence-corrected chi connectivity index (χ0v) is 23.2. The number of nitrogens with one attached hydrogen (secondary N) is 1. The average Bonchev–Trinajstić information content (AvgIpc) is 2.89. The van der Waals surface area contributed by atoms with Gasteiger partial charge in [-0.25, -0.2) is 18.4 Å². The molecule has 2 aliphatic heterocycles. The van der Waals surface area contributed by atoms with Gasteiger partial charge in [-0.3, -0.25) is 19.3 Å². The van der Waals surface area contributed by atoms with Gasteiger partial charge in [0.2, 0.25) is 10.0 Å². The third-order valence-electron chi connectivity index (χ3n) is 7.25. The van der Waals surface area contributed by atoms with Crippen LogP contribution in [0.2, 0.25) is 5.82 Å². The number of nitrogens with two attached hydrogens (primary N) is 1. The van der Waals surface area contributed by atoms with Crippen molar-refractivity contribution in [1.29, 1.82) is 0 Å². The number of carbonyl (C=O) groups is 4. The SMILES string of the molecule is CCN1CCN(C(=O)N[C@@H](C(=O)C[C@H]2Cc3cccc(C)c3OB2O)c2ccc(S(N)(=O)=O)c(C)c2)C(=O)C1=O. The summed E-state index contributed by atoms with van der Waals surface area (Å²) in [4.78, 5) is 53.7. The topological polar surface area (TPSA) is 176 Å². The number of Topliss-reactive ketones (excluding diaryl/α,β-unsaturated/α-hetero) is 1. The normalized spacial score (nSPS) is 18.2. The number of ketones is 1. The minimum atomic E-state index is -4.04. The lowest BCUT2D eigenvalue weighted by atomic mass is 9.64. The number of likely N-dealkylation sites (N-methyl/N-ethyl adjacent to an activating group) is 1. The first kappa shape index (κ1) is 29.2. The highest BCUT2D eigenvalue weighted by Gasteiger charge is 2.40. The van der Waals surface area contributed by atoms with Crippen LogP contribution < -0.4 is 15.1 Å². The van der Waals surface area contributed by atoms with Crippen LogP contribution >= 0.6 is 0 Å². The van der Waals surface area contributed by atoms with Gasteiger partial charge in [0.05, 0.1) is 4.90 Å². The molecule has 1 fully saturated rings. The summed E-state index contributed by atoms with van der Waals surface area (Å²) in [6.45, 7) is 5.47. The summed E-state index contributed by atoms with van der Waals surface area (Å²) < 4.78 is 29.5. The molecular formula is C26H31BN4O8S. The fourth-order valence-electron chi connectivity index (χ4n) is 5.08. The molecule has 14 heteroatoms. The first-order valence-electron chi connectivity index (χ1n) is 12.8. The summed E-state index contributed by atoms with van der Waals surface area (Å²) in [6.07, 6.45) is 0.145. The molecule has 12 nitrogen and oxygen atoms in total. The second-order valence-electron chi connectivity index (χ2n) is 10.0. The smallest absolute Gasteiger partial charge is 0.526 e. The largest absolute Gasteiger partial charge is 0.536 e. The van der Waals surface area contributed by atoms with E-state index in [1.165, 1.54) is 30.0 Å². The van der Waals surface area contributed by atoms with Crippen LogP contribution in [-0.2, 0) is 30.8 Å². The molecule has 2 aromatic rings. The van der Waals surface area contributed by atoms with Crippen LogP contribution in [0.5, 0.6) is 5.75 Å². The predicted octanol–water partition coefficient (Wildman–Crippen LogP) is 0.837. The van der Waals surface area contributed by atoms with Crippen molar-refractivity contribution >= 4 is 40.8 Å². The van der Waals surface area contributed by atoms with Crippen molar-refractivity contribution in [3.05, 3.63) is 58.7 Å². The Labute approximate surface area is 232 Å². The molecule has 0 radical (unpaired) electrons. The van der Waals surface area contributed by atoms with Crippen LogP contribution in [0.4, 0.5) is 4.79 Å². The molecule has 4 rings (SSSR count). The Hall–Kier alpha value is -3.75. The van der Waals surface area contributed by atoms with Crippen LogP contribution in [0, 0.1) is 13.8 Å². The van der Waals surface area contributed by atoms with Crippen LogP contribution in [0.25, 0.3) is 0 Å². The summed E-state index contributed by atoms with van der Waals surface area (Å²) >= 11 is 0. The number of para-hydroxylation sites is 1. The number of fused-ring (bicyclic) bond motifs is 1. The number of carbonyl (C=O) groups excluding carboxylic acids is 4. The van der Waals surface area contributed by atoms with E-state index < -0.39 is 52.6 Å². The van der Waals surface area contributed by atoms with Gasteiger partial charge in [0.15, 0.2) is 5.78 Å². The first-order chi connectivity index (χ1) is 18.8. The minimum absolute atomic E-state index is 0.0557. The lowest BCUT2D eigenvalue weighted by molar-refractivity contribution is -0.153. The third kappa shape index (κ3) is 5.88. The number of primary sulfonamides is 1. The van der Waals surface area contributed by atoms with Gasteiger partial charge in [-0.15, -0.1) is 0 Å². The Balaban J connectivity index is 1.62. The maximum atomic E-state index is 13.7. The first-order valence-corrected chi connectivity index (χ1v) is 14.4. The number of nitrogens with zero attached hydrogens (tertiary/aromatic N) is 2. The van der Waals surface area contributed by atoms with Gasteiger partial charge in [-0.2, -0.15) is 0 Å². The average molecular weight is 570 g/mol. The molecule has 0 unspecified atom stereocenters. The van der Waals surface area contributed by atoms with Crippen molar-refractivity contribution in [2.75, 3.05) is 19.6 Å². The van der Waals surface area contributed by atoms with Crippen molar-refractivity contribution < 1.29 is 37.3 Å². The lowest BCUT2D eigenvalue weighted by Gasteiger charge is -2.33. The predicted molar refractivity (Wildman–Crippen MR) is 145 cm³/mol. The van der Waals surface area contributed by atoms with Crippen LogP contribution in [0.1, 0.15) is 41.6 Å². The number of rotatable bonds is 7. The van der Waals surface area contributed by atoms with Crippen molar-refractivity contribution in [2.24, 2.45) is 5.14 Å². The molecule has 0 saturated carbocycles. The highest BCUT2D eigenvalue weighted by atomic mass is 32.2. The van der Waals surface area contributed by atoms with E-state index in [0.29, 0.717) is 18.7 Å². The molecule has 0 bridgehead atoms. The molecule has 40 heavy (non-hydrogen) atoms. The molecule has 212 valence electrons. The zero-order valence-electron chi connectivity index (χ0n) is 22.4. The highest BCUT2D eigenvalue weighted by molar-refractivity contribution is 7.89. The van der Waals surface area contributed by atoms with Gasteiger partial charge >= 0.3 is 25.0 Å². The number of hydrogen-bond acceptors (Lipinski definition) is 8. The van der Waals surface area contributed by atoms with E-state index in [9.17, 15) is 32.6 Å². The van der Waals surface area contributed by atoms with Gasteiger partial charge < -0.3 is 19.9 Å². The maximum absolute atomic E-state index is 13.7. The number of piperazine rings is 1. The second-order valence-corrected chi connectivity index (χ2v) is 11.5. The Kier molecular flexibility index (Phi) is 8.33. The molecule has 4 N–H and O–H groups in total. The number of amides is 4. The zero-order chi connectivity index (χ0) is 29.4. The summed E-state index contributed by atoms with van der Waals surface area (Å²) in [5, 5.41) is 18.5. The molecule has 0 aromatic heterocycles. The monoisotopic (exact) mass is 570 g/mol. The Bertz CT molecular complexity index is 1480. The number of benzene rings is 2. The van der Waals surface area contributed by atoms with E-state index in [1.807, 2.05) is 25.1 Å². The molecule has 4 amide bonds. The number of sulfonamides is 1. The summed E-state index contributed by atoms with van der Waals surface area (Å²) in [5.74, 6) is -2.42. The van der Waals surface area contributed by atoms with Crippen molar-refractivity contribution in [1.82, 2.24) is 15.1 Å². The van der Waals surface area contributed by atoms with Gasteiger partial charge in [0.25, 0.3) is 0 Å². The van der Waals surface area contributed by atoms with E-state index in [-0.39, 0.29) is 35.5 Å². The number of urea groups is 1. The third-order valence-corrected chi connectivity index (χ3v) is 8.32. The fraction of sp³-hybridized carbons (Fsp3) is 0.385. The Morgan fingerprint density at radius 3 is 2.52 bits per heavy atom. The van der Waals surface area contributed by atoms with Gasteiger partial charge in [0, 0.05) is 31.9 Å². The van der Waals surface area contributed by atoms with Gasteiger partial charge in [-0.05, 0) is 55.5 Å². The number of hydrogen-bond donors (Lipinski definition) is 3. The second kappa shape index (κ2) is 11.4. The van der Waals surface area contributed by atoms with Crippen LogP contribution in [0.3, 0.4) is 0 Å². The molecule has 0 aliphatic carbocycles. The fourth-order valence-corrected chi connectivity index (χ4v) is 5.85. The molecule has 2 atom stereocenters. The van der Waals surface area contributed by atoms with Gasteiger partial charge in [-0.1, -0.05) is 30.3 Å². The number of aryl methyl sites for hydroxylation is 2. The quantitative estimate of drug-likeness (QED) is 0.324. The van der Waals surface area contributed by atoms with Crippen LogP contribution in [0.15, 0.2) is 41.3 Å². The number of imide groups is 1. The standard InChI is InChI=1S/C26H31BN4O8S/c1-4-30-10-11-31(25(34)24(30)33)26(35)29-22(17-8-9-21(16(3)12-17)40(28,37)38)20(32)14-19-13-18-7-5-6-15(2)23(18)39-27(19)36/h5-9,12,19,22,36H,4,10-11,13-14H2,1-3H3,(H,29,35)(H2,28,37,38)/t19-,22-/m1/s1. The molecule has 2 aromatic carbocycles. The Morgan fingerprint density at radius 2 is 1.88 bits per heavy atom. The molecular weight excluding hydrogens is 539 g/mol.